The summed E-state index contributed by atoms with van der Waals surface area (Å²) in [5.41, 5.74) is 7.15. The molecule has 1 fully saturated rings. The van der Waals surface area contributed by atoms with Gasteiger partial charge < -0.3 is 5.73 Å². The minimum atomic E-state index is -3.41. The Morgan fingerprint density at radius 2 is 2.06 bits per heavy atom. The summed E-state index contributed by atoms with van der Waals surface area (Å²) in [6.45, 7) is 2.13. The van der Waals surface area contributed by atoms with E-state index in [-0.39, 0.29) is 6.04 Å². The first-order valence-electron chi connectivity index (χ1n) is 5.85. The van der Waals surface area contributed by atoms with Gasteiger partial charge in [0.15, 0.2) is 0 Å². The molecule has 0 amide bonds. The molecule has 1 aliphatic carbocycles. The summed E-state index contributed by atoms with van der Waals surface area (Å²) in [4.78, 5) is 0.353. The second kappa shape index (κ2) is 4.92. The van der Waals surface area contributed by atoms with E-state index in [1.165, 1.54) is 4.31 Å². The summed E-state index contributed by atoms with van der Waals surface area (Å²) in [6.07, 6.45) is 1.90. The number of hydrogen-bond acceptors (Lipinski definition) is 3. The maximum Gasteiger partial charge on any atom is 0.243 e. The zero-order valence-electron chi connectivity index (χ0n) is 10.5. The molecule has 0 unspecified atom stereocenters. The van der Waals surface area contributed by atoms with Crippen molar-refractivity contribution in [2.45, 2.75) is 37.2 Å². The third kappa shape index (κ3) is 2.47. The van der Waals surface area contributed by atoms with Gasteiger partial charge in [-0.25, -0.2) is 8.42 Å². The van der Waals surface area contributed by atoms with E-state index in [1.807, 2.05) is 6.07 Å². The lowest BCUT2D eigenvalue weighted by molar-refractivity contribution is 0.463. The van der Waals surface area contributed by atoms with Gasteiger partial charge in [0.2, 0.25) is 10.0 Å². The maximum atomic E-state index is 12.5. The van der Waals surface area contributed by atoms with Crippen LogP contribution >= 0.6 is 15.9 Å². The van der Waals surface area contributed by atoms with Gasteiger partial charge in [-0.15, -0.1) is 0 Å². The van der Waals surface area contributed by atoms with Crippen molar-refractivity contribution in [3.05, 3.63) is 27.7 Å². The molecule has 1 aromatic carbocycles. The summed E-state index contributed by atoms with van der Waals surface area (Å²) < 4.78 is 27.3. The topological polar surface area (TPSA) is 63.4 Å². The van der Waals surface area contributed by atoms with Gasteiger partial charge in [0.1, 0.15) is 0 Å². The van der Waals surface area contributed by atoms with Crippen LogP contribution in [0.2, 0.25) is 0 Å². The number of rotatable bonds is 4. The lowest BCUT2D eigenvalue weighted by Crippen LogP contribution is -2.29. The molecule has 2 N–H and O–H groups in total. The fourth-order valence-electron chi connectivity index (χ4n) is 1.88. The minimum Gasteiger partial charge on any atom is -0.326 e. The molecule has 0 saturated heterocycles. The van der Waals surface area contributed by atoms with Crippen LogP contribution in [-0.4, -0.2) is 25.8 Å². The molecular weight excluding hydrogens is 316 g/mol. The van der Waals surface area contributed by atoms with Crippen molar-refractivity contribution in [2.75, 3.05) is 7.05 Å². The van der Waals surface area contributed by atoms with Gasteiger partial charge in [-0.3, -0.25) is 0 Å². The van der Waals surface area contributed by atoms with Gasteiger partial charge in [0.25, 0.3) is 0 Å². The highest BCUT2D eigenvalue weighted by molar-refractivity contribution is 9.10. The second-order valence-corrected chi connectivity index (χ2v) is 7.48. The van der Waals surface area contributed by atoms with Crippen molar-refractivity contribution in [1.29, 1.82) is 0 Å². The molecule has 100 valence electrons. The van der Waals surface area contributed by atoms with E-state index in [1.54, 1.807) is 20.0 Å². The van der Waals surface area contributed by atoms with Crippen molar-refractivity contribution in [3.63, 3.8) is 0 Å². The predicted octanol–water partition coefficient (Wildman–Crippen LogP) is 2.00. The zero-order chi connectivity index (χ0) is 13.5. The van der Waals surface area contributed by atoms with Gasteiger partial charge >= 0.3 is 0 Å². The lowest BCUT2D eigenvalue weighted by atomic mass is 10.1. The van der Waals surface area contributed by atoms with E-state index >= 15 is 0 Å². The molecule has 1 saturated carbocycles. The van der Waals surface area contributed by atoms with Crippen molar-refractivity contribution in [2.24, 2.45) is 5.73 Å². The van der Waals surface area contributed by atoms with Crippen LogP contribution in [0.3, 0.4) is 0 Å². The molecule has 2 rings (SSSR count). The molecule has 0 heterocycles. The molecule has 0 bridgehead atoms. The highest BCUT2D eigenvalue weighted by atomic mass is 79.9. The summed E-state index contributed by atoms with van der Waals surface area (Å²) in [5, 5.41) is 0. The molecule has 18 heavy (non-hydrogen) atoms. The Morgan fingerprint density at radius 1 is 1.44 bits per heavy atom. The number of sulfonamides is 1. The van der Waals surface area contributed by atoms with Crippen LogP contribution in [0.5, 0.6) is 0 Å². The molecule has 0 radical (unpaired) electrons. The van der Waals surface area contributed by atoms with Crippen molar-refractivity contribution < 1.29 is 8.42 Å². The SMILES string of the molecule is Cc1c(Br)cc(CN)cc1S(=O)(=O)N(C)C1CC1. The number of halogens is 1. The quantitative estimate of drug-likeness (QED) is 0.917. The fraction of sp³-hybridized carbons (Fsp3) is 0.500. The summed E-state index contributed by atoms with van der Waals surface area (Å²) in [5.74, 6) is 0. The van der Waals surface area contributed by atoms with Gasteiger partial charge in [-0.05, 0) is 43.0 Å². The van der Waals surface area contributed by atoms with Gasteiger partial charge in [0.05, 0.1) is 4.90 Å². The van der Waals surface area contributed by atoms with Crippen LogP contribution in [0, 0.1) is 6.92 Å². The van der Waals surface area contributed by atoms with Crippen molar-refractivity contribution in [3.8, 4) is 0 Å². The number of nitrogens with two attached hydrogens (primary N) is 1. The average molecular weight is 333 g/mol. The highest BCUT2D eigenvalue weighted by Crippen LogP contribution is 2.33. The standard InChI is InChI=1S/C12H17BrN2O2S/c1-8-11(13)5-9(7-14)6-12(8)18(16,17)15(2)10-3-4-10/h5-6,10H,3-4,7,14H2,1-2H3. The summed E-state index contributed by atoms with van der Waals surface area (Å²) >= 11 is 3.39. The summed E-state index contributed by atoms with van der Waals surface area (Å²) in [7, 11) is -1.77. The number of hydrogen-bond donors (Lipinski definition) is 1. The van der Waals surface area contributed by atoms with Crippen LogP contribution in [0.4, 0.5) is 0 Å². The normalized spacial score (nSPS) is 16.3. The molecule has 0 atom stereocenters. The van der Waals surface area contributed by atoms with E-state index < -0.39 is 10.0 Å². The molecular formula is C12H17BrN2O2S. The first-order chi connectivity index (χ1) is 8.37. The van der Waals surface area contributed by atoms with Gasteiger partial charge in [0, 0.05) is 24.1 Å². The monoisotopic (exact) mass is 332 g/mol. The summed E-state index contributed by atoms with van der Waals surface area (Å²) in [6, 6.07) is 3.70. The van der Waals surface area contributed by atoms with Crippen LogP contribution in [-0.2, 0) is 16.6 Å². The Bertz CT molecular complexity index is 568. The zero-order valence-corrected chi connectivity index (χ0v) is 12.9. The van der Waals surface area contributed by atoms with Gasteiger partial charge in [-0.2, -0.15) is 4.31 Å². The molecule has 0 aromatic heterocycles. The lowest BCUT2D eigenvalue weighted by Gasteiger charge is -2.19. The number of nitrogens with zero attached hydrogens (tertiary/aromatic N) is 1. The maximum absolute atomic E-state index is 12.5. The highest BCUT2D eigenvalue weighted by Gasteiger charge is 2.36. The third-order valence-corrected chi connectivity index (χ3v) is 6.17. The molecule has 0 aliphatic heterocycles. The molecule has 4 nitrogen and oxygen atoms in total. The van der Waals surface area contributed by atoms with Crippen LogP contribution in [0.1, 0.15) is 24.0 Å². The smallest absolute Gasteiger partial charge is 0.243 e. The predicted molar refractivity (Wildman–Crippen MR) is 74.7 cm³/mol. The molecule has 1 aliphatic rings. The first-order valence-corrected chi connectivity index (χ1v) is 8.08. The Morgan fingerprint density at radius 3 is 2.56 bits per heavy atom. The van der Waals surface area contributed by atoms with E-state index in [0.29, 0.717) is 11.4 Å². The molecule has 1 aromatic rings. The number of benzene rings is 1. The van der Waals surface area contributed by atoms with E-state index in [4.69, 9.17) is 5.73 Å². The molecule has 6 heteroatoms. The Labute approximate surface area is 116 Å². The Balaban J connectivity index is 2.52. The minimum absolute atomic E-state index is 0.162. The molecule has 0 spiro atoms. The van der Waals surface area contributed by atoms with E-state index in [0.717, 1.165) is 28.4 Å². The second-order valence-electron chi connectivity index (χ2n) is 4.66. The average Bonchev–Trinajstić information content (AvgIpc) is 3.15. The van der Waals surface area contributed by atoms with Crippen LogP contribution < -0.4 is 5.73 Å². The van der Waals surface area contributed by atoms with Crippen molar-refractivity contribution in [1.82, 2.24) is 4.31 Å². The third-order valence-electron chi connectivity index (χ3n) is 3.31. The van der Waals surface area contributed by atoms with E-state index in [2.05, 4.69) is 15.9 Å². The Hall–Kier alpha value is -0.430. The fourth-order valence-corrected chi connectivity index (χ4v) is 4.23. The largest absolute Gasteiger partial charge is 0.326 e. The van der Waals surface area contributed by atoms with Crippen LogP contribution in [0.25, 0.3) is 0 Å². The van der Waals surface area contributed by atoms with E-state index in [9.17, 15) is 8.42 Å². The first kappa shape index (κ1) is 14.0. The van der Waals surface area contributed by atoms with Gasteiger partial charge in [-0.1, -0.05) is 15.9 Å². The Kier molecular flexibility index (Phi) is 3.82. The van der Waals surface area contributed by atoms with Crippen LogP contribution in [0.15, 0.2) is 21.5 Å². The van der Waals surface area contributed by atoms with Crippen molar-refractivity contribution >= 4 is 26.0 Å².